The second kappa shape index (κ2) is 6.40. The van der Waals surface area contributed by atoms with Crippen molar-refractivity contribution >= 4 is 23.3 Å². The lowest BCUT2D eigenvalue weighted by Gasteiger charge is -1.99. The fourth-order valence-corrected chi connectivity index (χ4v) is 2.79. The van der Waals surface area contributed by atoms with Gasteiger partial charge in [0.15, 0.2) is 23.0 Å². The first-order chi connectivity index (χ1) is 11.9. The summed E-state index contributed by atoms with van der Waals surface area (Å²) in [5.41, 5.74) is 0.0743. The monoisotopic (exact) mass is 365 g/mol. The number of aromatic nitrogens is 3. The Morgan fingerprint density at radius 1 is 1.24 bits per heavy atom. The minimum atomic E-state index is -1.30. The number of hydrogen-bond acceptors (Lipinski definition) is 6. The number of methoxy groups -OCH3 is 1. The molecule has 0 aliphatic carbocycles. The summed E-state index contributed by atoms with van der Waals surface area (Å²) in [7, 11) is 1.19. The quantitative estimate of drug-likeness (QED) is 0.715. The molecule has 3 aromatic rings. The molecule has 1 N–H and O–H groups in total. The highest BCUT2D eigenvalue weighted by atomic mass is 32.1. The van der Waals surface area contributed by atoms with Gasteiger partial charge in [-0.15, -0.1) is 11.3 Å². The Morgan fingerprint density at radius 3 is 2.64 bits per heavy atom. The highest BCUT2D eigenvalue weighted by molar-refractivity contribution is 7.12. The largest absolute Gasteiger partial charge is 0.477 e. The van der Waals surface area contributed by atoms with Crippen molar-refractivity contribution in [1.29, 1.82) is 0 Å². The molecule has 25 heavy (non-hydrogen) atoms. The SMILES string of the molecule is COC(=O)c1csc(-n2nc(-c3ccc(F)c(F)c3)cc2C(=O)O)n1. The third-order valence-corrected chi connectivity index (χ3v) is 4.03. The van der Waals surface area contributed by atoms with E-state index in [1.165, 1.54) is 24.6 Å². The van der Waals surface area contributed by atoms with Gasteiger partial charge in [0.25, 0.3) is 0 Å². The van der Waals surface area contributed by atoms with Gasteiger partial charge in [0.2, 0.25) is 5.13 Å². The van der Waals surface area contributed by atoms with Crippen molar-refractivity contribution in [3.05, 3.63) is 52.7 Å². The third kappa shape index (κ3) is 3.11. The number of ether oxygens (including phenoxy) is 1. The number of thiazole rings is 1. The molecule has 2 aromatic heterocycles. The van der Waals surface area contributed by atoms with Crippen LogP contribution in [0.15, 0.2) is 29.6 Å². The molecule has 0 spiro atoms. The van der Waals surface area contributed by atoms with Gasteiger partial charge in [-0.25, -0.2) is 23.4 Å². The lowest BCUT2D eigenvalue weighted by atomic mass is 10.1. The molecule has 0 aliphatic heterocycles. The summed E-state index contributed by atoms with van der Waals surface area (Å²) in [6.45, 7) is 0. The zero-order valence-corrected chi connectivity index (χ0v) is 13.4. The maximum Gasteiger partial charge on any atom is 0.357 e. The van der Waals surface area contributed by atoms with Crippen LogP contribution in [0, 0.1) is 11.6 Å². The predicted molar refractivity (Wildman–Crippen MR) is 82.9 cm³/mol. The van der Waals surface area contributed by atoms with Gasteiger partial charge >= 0.3 is 11.9 Å². The summed E-state index contributed by atoms with van der Waals surface area (Å²) in [4.78, 5) is 26.9. The normalized spacial score (nSPS) is 10.7. The van der Waals surface area contributed by atoms with Gasteiger partial charge in [0.1, 0.15) is 0 Å². The minimum absolute atomic E-state index is 0.00344. The Labute approximate surface area is 143 Å². The summed E-state index contributed by atoms with van der Waals surface area (Å²) >= 11 is 0.983. The Balaban J connectivity index is 2.09. The van der Waals surface area contributed by atoms with Gasteiger partial charge < -0.3 is 9.84 Å². The van der Waals surface area contributed by atoms with Crippen LogP contribution in [0.25, 0.3) is 16.4 Å². The van der Waals surface area contributed by atoms with E-state index in [2.05, 4.69) is 14.8 Å². The van der Waals surface area contributed by atoms with Crippen molar-refractivity contribution < 1.29 is 28.2 Å². The van der Waals surface area contributed by atoms with Crippen molar-refractivity contribution in [3.63, 3.8) is 0 Å². The van der Waals surface area contributed by atoms with Gasteiger partial charge in [0, 0.05) is 10.9 Å². The Kier molecular flexibility index (Phi) is 4.28. The van der Waals surface area contributed by atoms with Crippen molar-refractivity contribution in [1.82, 2.24) is 14.8 Å². The van der Waals surface area contributed by atoms with Crippen LogP contribution in [0.2, 0.25) is 0 Å². The Hall–Kier alpha value is -3.14. The zero-order chi connectivity index (χ0) is 18.1. The number of carbonyl (C=O) groups is 2. The average molecular weight is 365 g/mol. The molecule has 1 aromatic carbocycles. The molecule has 0 saturated carbocycles. The van der Waals surface area contributed by atoms with Gasteiger partial charge in [-0.1, -0.05) is 0 Å². The van der Waals surface area contributed by atoms with Crippen LogP contribution in [0.4, 0.5) is 8.78 Å². The molecule has 0 bridgehead atoms. The van der Waals surface area contributed by atoms with Crippen LogP contribution in [-0.2, 0) is 4.74 Å². The van der Waals surface area contributed by atoms with Crippen molar-refractivity contribution in [2.75, 3.05) is 7.11 Å². The highest BCUT2D eigenvalue weighted by Crippen LogP contribution is 2.25. The number of carboxylic acid groups (broad SMARTS) is 1. The highest BCUT2D eigenvalue weighted by Gasteiger charge is 2.21. The van der Waals surface area contributed by atoms with Crippen molar-refractivity contribution in [2.24, 2.45) is 0 Å². The van der Waals surface area contributed by atoms with Gasteiger partial charge in [-0.2, -0.15) is 9.78 Å². The van der Waals surface area contributed by atoms with E-state index in [1.54, 1.807) is 0 Å². The minimum Gasteiger partial charge on any atom is -0.477 e. The zero-order valence-electron chi connectivity index (χ0n) is 12.6. The van der Waals surface area contributed by atoms with E-state index in [0.717, 1.165) is 28.2 Å². The number of carbonyl (C=O) groups excluding carboxylic acids is 1. The number of nitrogens with zero attached hydrogens (tertiary/aromatic N) is 3. The molecule has 0 amide bonds. The smallest absolute Gasteiger partial charge is 0.357 e. The second-order valence-electron chi connectivity index (χ2n) is 4.77. The molecule has 2 heterocycles. The molecule has 0 unspecified atom stereocenters. The fraction of sp³-hybridized carbons (Fsp3) is 0.0667. The Morgan fingerprint density at radius 2 is 2.00 bits per heavy atom. The summed E-state index contributed by atoms with van der Waals surface area (Å²) in [5, 5.41) is 14.9. The second-order valence-corrected chi connectivity index (χ2v) is 5.60. The standard InChI is InChI=1S/C15H9F2N3O4S/c1-24-14(23)11-6-25-15(18-11)20-12(13(21)22)5-10(19-20)7-2-3-8(16)9(17)4-7/h2-6H,1H3,(H,21,22). The van der Waals surface area contributed by atoms with Gasteiger partial charge in [-0.05, 0) is 24.3 Å². The fourth-order valence-electron chi connectivity index (χ4n) is 2.04. The maximum atomic E-state index is 13.4. The van der Waals surface area contributed by atoms with Crippen molar-refractivity contribution in [3.8, 4) is 16.4 Å². The van der Waals surface area contributed by atoms with Crippen LogP contribution in [0.3, 0.4) is 0 Å². The Bertz CT molecular complexity index is 983. The van der Waals surface area contributed by atoms with Crippen LogP contribution < -0.4 is 0 Å². The molecule has 0 radical (unpaired) electrons. The summed E-state index contributed by atoms with van der Waals surface area (Å²) < 4.78 is 32.0. The first-order valence-electron chi connectivity index (χ1n) is 6.73. The predicted octanol–water partition coefficient (Wildman–Crippen LogP) is 2.76. The molecule has 0 aliphatic rings. The number of rotatable bonds is 4. The topological polar surface area (TPSA) is 94.3 Å². The number of esters is 1. The van der Waals surface area contributed by atoms with E-state index in [1.807, 2.05) is 0 Å². The summed E-state index contributed by atoms with van der Waals surface area (Å²) in [6.07, 6.45) is 0. The molecule has 10 heteroatoms. The number of hydrogen-bond donors (Lipinski definition) is 1. The molecular weight excluding hydrogens is 356 g/mol. The van der Waals surface area contributed by atoms with E-state index in [-0.39, 0.29) is 27.8 Å². The first-order valence-corrected chi connectivity index (χ1v) is 7.61. The van der Waals surface area contributed by atoms with Gasteiger partial charge in [0.05, 0.1) is 12.8 Å². The number of halogens is 2. The third-order valence-electron chi connectivity index (χ3n) is 3.21. The van der Waals surface area contributed by atoms with Gasteiger partial charge in [-0.3, -0.25) is 0 Å². The molecule has 0 fully saturated rings. The summed E-state index contributed by atoms with van der Waals surface area (Å²) in [5.74, 6) is -4.07. The van der Waals surface area contributed by atoms with Crippen LogP contribution in [0.5, 0.6) is 0 Å². The first kappa shape index (κ1) is 16.7. The van der Waals surface area contributed by atoms with Crippen LogP contribution in [-0.4, -0.2) is 38.9 Å². The lowest BCUT2D eigenvalue weighted by molar-refractivity contribution is 0.0594. The molecule has 7 nitrogen and oxygen atoms in total. The maximum absolute atomic E-state index is 13.4. The van der Waals surface area contributed by atoms with Crippen molar-refractivity contribution in [2.45, 2.75) is 0 Å². The number of carboxylic acids is 1. The molecule has 0 saturated heterocycles. The molecular formula is C15H9F2N3O4S. The van der Waals surface area contributed by atoms with Crippen LogP contribution in [0.1, 0.15) is 21.0 Å². The van der Waals surface area contributed by atoms with Crippen LogP contribution >= 0.6 is 11.3 Å². The molecule has 0 atom stereocenters. The number of benzene rings is 1. The molecule has 3 rings (SSSR count). The molecule has 128 valence electrons. The number of aromatic carboxylic acids is 1. The average Bonchev–Trinajstić information content (AvgIpc) is 3.23. The van der Waals surface area contributed by atoms with E-state index < -0.39 is 23.6 Å². The lowest BCUT2D eigenvalue weighted by Crippen LogP contribution is -2.08. The van der Waals surface area contributed by atoms with E-state index in [0.29, 0.717) is 0 Å². The van der Waals surface area contributed by atoms with E-state index in [9.17, 15) is 23.5 Å². The van der Waals surface area contributed by atoms with E-state index in [4.69, 9.17) is 0 Å². The van der Waals surface area contributed by atoms with E-state index >= 15 is 0 Å². The summed E-state index contributed by atoms with van der Waals surface area (Å²) in [6, 6.07) is 4.31.